The zero-order valence-electron chi connectivity index (χ0n) is 12.0. The number of thioether (sulfide) groups is 1. The highest BCUT2D eigenvalue weighted by atomic mass is 32.2. The average Bonchev–Trinajstić information content (AvgIpc) is 3.16. The lowest BCUT2D eigenvalue weighted by Gasteiger charge is -2.11. The van der Waals surface area contributed by atoms with Crippen molar-refractivity contribution in [1.82, 2.24) is 34.7 Å². The first-order chi connectivity index (χ1) is 10.7. The molecule has 114 valence electrons. The van der Waals surface area contributed by atoms with E-state index in [1.54, 1.807) is 13.3 Å². The van der Waals surface area contributed by atoms with Crippen molar-refractivity contribution in [3.63, 3.8) is 0 Å². The van der Waals surface area contributed by atoms with Crippen LogP contribution in [0.3, 0.4) is 0 Å². The van der Waals surface area contributed by atoms with Gasteiger partial charge in [-0.2, -0.15) is 0 Å². The molecular weight excluding hydrogens is 304 g/mol. The van der Waals surface area contributed by atoms with Crippen LogP contribution in [0.4, 0.5) is 5.82 Å². The number of nitrogens with one attached hydrogen (secondary N) is 2. The zero-order valence-corrected chi connectivity index (χ0v) is 12.8. The summed E-state index contributed by atoms with van der Waals surface area (Å²) < 4.78 is 1.88. The summed E-state index contributed by atoms with van der Waals surface area (Å²) in [5.74, 6) is 0.238. The first kappa shape index (κ1) is 14.4. The topological polar surface area (TPSA) is 114 Å². The molecule has 0 spiro atoms. The summed E-state index contributed by atoms with van der Waals surface area (Å²) in [7, 11) is 0. The summed E-state index contributed by atoms with van der Waals surface area (Å²) in [6.07, 6.45) is 4.52. The largest absolute Gasteiger partial charge is 0.340 e. The minimum atomic E-state index is -0.345. The molecule has 9 nitrogen and oxygen atoms in total. The Morgan fingerprint density at radius 3 is 3.14 bits per heavy atom. The number of aromatic amines is 1. The molecule has 0 saturated carbocycles. The Hall–Kier alpha value is -2.49. The second kappa shape index (κ2) is 6.10. The molecule has 1 amide bonds. The monoisotopic (exact) mass is 318 g/mol. The number of aromatic nitrogens is 7. The van der Waals surface area contributed by atoms with E-state index in [2.05, 4.69) is 35.5 Å². The number of hydrogen-bond donors (Lipinski definition) is 2. The third-order valence-corrected chi connectivity index (χ3v) is 4.13. The highest BCUT2D eigenvalue weighted by molar-refractivity contribution is 8.00. The van der Waals surface area contributed by atoms with Crippen LogP contribution in [-0.4, -0.2) is 45.9 Å². The Bertz CT molecular complexity index is 797. The fourth-order valence-corrected chi connectivity index (χ4v) is 2.73. The molecule has 3 rings (SSSR count). The molecule has 0 fully saturated rings. The lowest BCUT2D eigenvalue weighted by atomic mass is 10.4. The maximum Gasteiger partial charge on any atom is 0.238 e. The number of hydrogen-bond acceptors (Lipinski definition) is 7. The molecule has 0 aromatic carbocycles. The molecule has 0 aliphatic rings. The summed E-state index contributed by atoms with van der Waals surface area (Å²) >= 11 is 1.34. The van der Waals surface area contributed by atoms with E-state index in [9.17, 15) is 4.79 Å². The fraction of sp³-hybridized carbons (Fsp3) is 0.333. The van der Waals surface area contributed by atoms with E-state index in [0.29, 0.717) is 22.1 Å². The molecule has 0 radical (unpaired) electrons. The molecule has 1 atom stereocenters. The Kier molecular flexibility index (Phi) is 4.00. The van der Waals surface area contributed by atoms with E-state index in [-0.39, 0.29) is 11.2 Å². The summed E-state index contributed by atoms with van der Waals surface area (Å²) in [6.45, 7) is 4.55. The van der Waals surface area contributed by atoms with Gasteiger partial charge in [-0.05, 0) is 13.8 Å². The van der Waals surface area contributed by atoms with E-state index in [4.69, 9.17) is 0 Å². The van der Waals surface area contributed by atoms with Crippen molar-refractivity contribution < 1.29 is 4.79 Å². The van der Waals surface area contributed by atoms with Gasteiger partial charge < -0.3 is 14.9 Å². The SMILES string of the molecule is CCn1cnnc1S[C@@H](C)C(=O)Nc1ncnc2nc[nH]c12. The van der Waals surface area contributed by atoms with Gasteiger partial charge in [0.15, 0.2) is 16.6 Å². The van der Waals surface area contributed by atoms with Crippen LogP contribution < -0.4 is 5.32 Å². The molecule has 3 aromatic rings. The Labute approximate surface area is 130 Å². The molecule has 10 heteroatoms. The molecule has 3 heterocycles. The van der Waals surface area contributed by atoms with Gasteiger partial charge in [-0.1, -0.05) is 11.8 Å². The van der Waals surface area contributed by atoms with Gasteiger partial charge in [-0.15, -0.1) is 10.2 Å². The predicted molar refractivity (Wildman–Crippen MR) is 81.3 cm³/mol. The summed E-state index contributed by atoms with van der Waals surface area (Å²) in [5.41, 5.74) is 1.11. The van der Waals surface area contributed by atoms with E-state index in [1.807, 2.05) is 11.5 Å². The van der Waals surface area contributed by atoms with Crippen LogP contribution >= 0.6 is 11.8 Å². The van der Waals surface area contributed by atoms with Gasteiger partial charge in [0, 0.05) is 6.54 Å². The highest BCUT2D eigenvalue weighted by Gasteiger charge is 2.19. The van der Waals surface area contributed by atoms with Crippen LogP contribution in [0.1, 0.15) is 13.8 Å². The third kappa shape index (κ3) is 2.77. The van der Waals surface area contributed by atoms with Crippen molar-refractivity contribution in [3.8, 4) is 0 Å². The average molecular weight is 318 g/mol. The van der Waals surface area contributed by atoms with Gasteiger partial charge in [-0.25, -0.2) is 15.0 Å². The molecule has 0 unspecified atom stereocenters. The maximum atomic E-state index is 12.3. The molecule has 3 aromatic heterocycles. The number of nitrogens with zero attached hydrogens (tertiary/aromatic N) is 6. The number of carbonyl (C=O) groups is 1. The minimum absolute atomic E-state index is 0.176. The maximum absolute atomic E-state index is 12.3. The van der Waals surface area contributed by atoms with Gasteiger partial charge in [0.2, 0.25) is 5.91 Å². The van der Waals surface area contributed by atoms with Gasteiger partial charge in [-0.3, -0.25) is 4.79 Å². The van der Waals surface area contributed by atoms with Crippen molar-refractivity contribution in [2.24, 2.45) is 0 Å². The Balaban J connectivity index is 1.72. The van der Waals surface area contributed by atoms with Gasteiger partial charge >= 0.3 is 0 Å². The molecule has 22 heavy (non-hydrogen) atoms. The van der Waals surface area contributed by atoms with Crippen molar-refractivity contribution >= 4 is 34.7 Å². The Morgan fingerprint density at radius 1 is 1.45 bits per heavy atom. The normalized spacial score (nSPS) is 12.5. The van der Waals surface area contributed by atoms with E-state index in [1.165, 1.54) is 24.4 Å². The number of fused-ring (bicyclic) bond motifs is 1. The number of anilines is 1. The van der Waals surface area contributed by atoms with Gasteiger partial charge in [0.05, 0.1) is 11.6 Å². The number of H-pyrrole nitrogens is 1. The number of aryl methyl sites for hydroxylation is 1. The number of amides is 1. The molecular formula is C12H14N8OS. The lowest BCUT2D eigenvalue weighted by Crippen LogP contribution is -2.23. The summed E-state index contributed by atoms with van der Waals surface area (Å²) in [4.78, 5) is 27.3. The molecule has 0 bridgehead atoms. The van der Waals surface area contributed by atoms with Crippen molar-refractivity contribution in [2.75, 3.05) is 5.32 Å². The first-order valence-electron chi connectivity index (χ1n) is 6.68. The van der Waals surface area contributed by atoms with Crippen molar-refractivity contribution in [2.45, 2.75) is 30.8 Å². The zero-order chi connectivity index (χ0) is 15.5. The fourth-order valence-electron chi connectivity index (χ4n) is 1.84. The predicted octanol–water partition coefficient (Wildman–Crippen LogP) is 1.08. The third-order valence-electron chi connectivity index (χ3n) is 3.04. The van der Waals surface area contributed by atoms with Crippen LogP contribution in [0.2, 0.25) is 0 Å². The second-order valence-corrected chi connectivity index (χ2v) is 5.78. The second-order valence-electron chi connectivity index (χ2n) is 4.47. The van der Waals surface area contributed by atoms with Crippen LogP contribution in [0.15, 0.2) is 24.1 Å². The van der Waals surface area contributed by atoms with Crippen LogP contribution in [0, 0.1) is 0 Å². The smallest absolute Gasteiger partial charge is 0.238 e. The van der Waals surface area contributed by atoms with Crippen molar-refractivity contribution in [3.05, 3.63) is 19.0 Å². The standard InChI is InChI=1S/C12H14N8OS/c1-3-20-6-17-19-12(20)22-7(2)11(21)18-10-8-9(14-4-13-8)15-5-16-10/h4-7H,3H2,1-2H3,(H2,13,14,15,16,18,21)/t7-/m0/s1. The van der Waals surface area contributed by atoms with E-state index in [0.717, 1.165) is 6.54 Å². The molecule has 0 aliphatic carbocycles. The van der Waals surface area contributed by atoms with Crippen LogP contribution in [0.25, 0.3) is 11.2 Å². The Morgan fingerprint density at radius 2 is 2.32 bits per heavy atom. The van der Waals surface area contributed by atoms with Gasteiger partial charge in [0.25, 0.3) is 0 Å². The van der Waals surface area contributed by atoms with Crippen LogP contribution in [0.5, 0.6) is 0 Å². The van der Waals surface area contributed by atoms with E-state index >= 15 is 0 Å². The highest BCUT2D eigenvalue weighted by Crippen LogP contribution is 2.22. The van der Waals surface area contributed by atoms with Crippen LogP contribution in [-0.2, 0) is 11.3 Å². The molecule has 0 aliphatic heterocycles. The quantitative estimate of drug-likeness (QED) is 0.676. The van der Waals surface area contributed by atoms with E-state index < -0.39 is 0 Å². The number of imidazole rings is 1. The van der Waals surface area contributed by atoms with Gasteiger partial charge in [0.1, 0.15) is 18.2 Å². The number of rotatable bonds is 5. The lowest BCUT2D eigenvalue weighted by molar-refractivity contribution is -0.115. The van der Waals surface area contributed by atoms with Crippen molar-refractivity contribution in [1.29, 1.82) is 0 Å². The minimum Gasteiger partial charge on any atom is -0.340 e. The molecule has 0 saturated heterocycles. The summed E-state index contributed by atoms with van der Waals surface area (Å²) in [6, 6.07) is 0. The molecule has 2 N–H and O–H groups in total. The summed E-state index contributed by atoms with van der Waals surface area (Å²) in [5, 5.41) is 11.0. The first-order valence-corrected chi connectivity index (χ1v) is 7.56. The number of carbonyl (C=O) groups excluding carboxylic acids is 1.